The molecule has 1 saturated heterocycles. The van der Waals surface area contributed by atoms with Gasteiger partial charge in [-0.2, -0.15) is 0 Å². The van der Waals surface area contributed by atoms with Crippen molar-refractivity contribution in [3.05, 3.63) is 59.7 Å². The lowest BCUT2D eigenvalue weighted by molar-refractivity contribution is 0.391. The third-order valence-electron chi connectivity index (χ3n) is 3.61. The molecule has 2 aliphatic rings. The molecule has 0 spiro atoms. The number of epoxide rings is 1. The zero-order valence-electron chi connectivity index (χ0n) is 8.89. The summed E-state index contributed by atoms with van der Waals surface area (Å²) in [4.78, 5) is 0. The van der Waals surface area contributed by atoms with Crippen molar-refractivity contribution < 1.29 is 4.74 Å². The molecule has 1 atom stereocenters. The Morgan fingerprint density at radius 2 is 1.31 bits per heavy atom. The number of hydrogen-bond donors (Lipinski definition) is 0. The van der Waals surface area contributed by atoms with Gasteiger partial charge in [0.2, 0.25) is 0 Å². The highest BCUT2D eigenvalue weighted by atomic mass is 16.6. The normalized spacial score (nSPS) is 21.6. The molecule has 0 unspecified atom stereocenters. The van der Waals surface area contributed by atoms with Crippen molar-refractivity contribution in [3.63, 3.8) is 0 Å². The minimum Gasteiger partial charge on any atom is -0.372 e. The highest BCUT2D eigenvalue weighted by molar-refractivity contribution is 5.79. The SMILES string of the molecule is c1ccc2c(c1)-c1ccccc1C2[C@H]1CO1. The quantitative estimate of drug-likeness (QED) is 0.656. The van der Waals surface area contributed by atoms with E-state index >= 15 is 0 Å². The maximum Gasteiger partial charge on any atom is 0.0919 e. The smallest absolute Gasteiger partial charge is 0.0919 e. The minimum absolute atomic E-state index is 0.407. The number of ether oxygens (including phenoxy) is 1. The summed E-state index contributed by atoms with van der Waals surface area (Å²) in [6, 6.07) is 17.4. The summed E-state index contributed by atoms with van der Waals surface area (Å²) in [6.07, 6.45) is 0.407. The number of hydrogen-bond acceptors (Lipinski definition) is 1. The molecule has 0 N–H and O–H groups in total. The molecular weight excluding hydrogens is 196 g/mol. The first kappa shape index (κ1) is 8.54. The van der Waals surface area contributed by atoms with Crippen LogP contribution in [0.15, 0.2) is 48.5 Å². The van der Waals surface area contributed by atoms with Gasteiger partial charge in [-0.3, -0.25) is 0 Å². The fraction of sp³-hybridized carbons (Fsp3) is 0.200. The van der Waals surface area contributed by atoms with Gasteiger partial charge in [-0.05, 0) is 22.3 Å². The third-order valence-corrected chi connectivity index (χ3v) is 3.61. The van der Waals surface area contributed by atoms with E-state index in [0.29, 0.717) is 12.0 Å². The molecule has 1 fully saturated rings. The molecule has 4 rings (SSSR count). The van der Waals surface area contributed by atoms with Crippen molar-refractivity contribution in [2.24, 2.45) is 0 Å². The lowest BCUT2D eigenvalue weighted by Crippen LogP contribution is -2.03. The molecule has 1 aliphatic carbocycles. The Hall–Kier alpha value is -1.60. The van der Waals surface area contributed by atoms with E-state index < -0.39 is 0 Å². The minimum atomic E-state index is 0.407. The summed E-state index contributed by atoms with van der Waals surface area (Å²) in [5.74, 6) is 0.465. The maximum absolute atomic E-state index is 5.51. The van der Waals surface area contributed by atoms with Gasteiger partial charge in [0.25, 0.3) is 0 Å². The summed E-state index contributed by atoms with van der Waals surface area (Å²) >= 11 is 0. The van der Waals surface area contributed by atoms with Crippen molar-refractivity contribution in [2.75, 3.05) is 6.61 Å². The van der Waals surface area contributed by atoms with Crippen molar-refractivity contribution in [3.8, 4) is 11.1 Å². The van der Waals surface area contributed by atoms with Crippen LogP contribution in [0.2, 0.25) is 0 Å². The molecule has 16 heavy (non-hydrogen) atoms. The first-order chi connectivity index (χ1) is 7.95. The molecule has 1 heteroatoms. The van der Waals surface area contributed by atoms with Crippen LogP contribution in [-0.4, -0.2) is 12.7 Å². The van der Waals surface area contributed by atoms with E-state index in [-0.39, 0.29) is 0 Å². The van der Waals surface area contributed by atoms with Crippen LogP contribution in [0.4, 0.5) is 0 Å². The van der Waals surface area contributed by atoms with Crippen LogP contribution in [0.1, 0.15) is 17.0 Å². The Labute approximate surface area is 94.7 Å². The van der Waals surface area contributed by atoms with E-state index in [1.54, 1.807) is 0 Å². The van der Waals surface area contributed by atoms with Crippen LogP contribution in [0.5, 0.6) is 0 Å². The van der Waals surface area contributed by atoms with Crippen molar-refractivity contribution in [2.45, 2.75) is 12.0 Å². The van der Waals surface area contributed by atoms with Gasteiger partial charge in [0.15, 0.2) is 0 Å². The Morgan fingerprint density at radius 1 is 0.812 bits per heavy atom. The standard InChI is InChI=1S/C15H12O/c1-3-7-12-10(5-1)11-6-2-4-8-13(11)15(12)14-9-16-14/h1-8,14-15H,9H2/t14-/m1/s1. The molecule has 2 aromatic rings. The molecule has 1 aliphatic heterocycles. The number of fused-ring (bicyclic) bond motifs is 3. The van der Waals surface area contributed by atoms with E-state index in [1.807, 2.05) is 0 Å². The third kappa shape index (κ3) is 1.04. The van der Waals surface area contributed by atoms with Gasteiger partial charge in [-0.25, -0.2) is 0 Å². The summed E-state index contributed by atoms with van der Waals surface area (Å²) in [5.41, 5.74) is 5.65. The van der Waals surface area contributed by atoms with E-state index in [9.17, 15) is 0 Å². The summed E-state index contributed by atoms with van der Waals surface area (Å²) < 4.78 is 5.51. The first-order valence-corrected chi connectivity index (χ1v) is 5.75. The predicted molar refractivity (Wildman–Crippen MR) is 63.5 cm³/mol. The zero-order valence-corrected chi connectivity index (χ0v) is 8.89. The van der Waals surface area contributed by atoms with Gasteiger partial charge in [-0.1, -0.05) is 48.5 Å². The second-order valence-electron chi connectivity index (χ2n) is 4.52. The van der Waals surface area contributed by atoms with Gasteiger partial charge in [0, 0.05) is 5.92 Å². The Kier molecular flexibility index (Phi) is 1.58. The fourth-order valence-corrected chi connectivity index (χ4v) is 2.84. The van der Waals surface area contributed by atoms with Crippen LogP contribution < -0.4 is 0 Å². The first-order valence-electron chi connectivity index (χ1n) is 5.75. The highest BCUT2D eigenvalue weighted by Crippen LogP contribution is 2.49. The second kappa shape index (κ2) is 2.96. The molecule has 1 nitrogen and oxygen atoms in total. The van der Waals surface area contributed by atoms with Crippen LogP contribution in [0.25, 0.3) is 11.1 Å². The lowest BCUT2D eigenvalue weighted by Gasteiger charge is -2.09. The average Bonchev–Trinajstić information content (AvgIpc) is 3.11. The van der Waals surface area contributed by atoms with Gasteiger partial charge < -0.3 is 4.74 Å². The molecule has 0 radical (unpaired) electrons. The van der Waals surface area contributed by atoms with Gasteiger partial charge in [0.05, 0.1) is 12.7 Å². The maximum atomic E-state index is 5.51. The topological polar surface area (TPSA) is 12.5 Å². The van der Waals surface area contributed by atoms with Crippen LogP contribution in [0.3, 0.4) is 0 Å². The predicted octanol–water partition coefficient (Wildman–Crippen LogP) is 3.20. The van der Waals surface area contributed by atoms with E-state index in [4.69, 9.17) is 4.74 Å². The van der Waals surface area contributed by atoms with E-state index in [2.05, 4.69) is 48.5 Å². The zero-order chi connectivity index (χ0) is 10.5. The van der Waals surface area contributed by atoms with Crippen LogP contribution in [-0.2, 0) is 4.74 Å². The van der Waals surface area contributed by atoms with Crippen molar-refractivity contribution in [1.82, 2.24) is 0 Å². The van der Waals surface area contributed by atoms with Gasteiger partial charge >= 0.3 is 0 Å². The lowest BCUT2D eigenvalue weighted by atomic mass is 9.94. The van der Waals surface area contributed by atoms with Crippen LogP contribution in [0, 0.1) is 0 Å². The fourth-order valence-electron chi connectivity index (χ4n) is 2.84. The number of rotatable bonds is 1. The van der Waals surface area contributed by atoms with E-state index in [0.717, 1.165) is 6.61 Å². The highest BCUT2D eigenvalue weighted by Gasteiger charge is 2.40. The molecule has 0 aromatic heterocycles. The van der Waals surface area contributed by atoms with Crippen molar-refractivity contribution in [1.29, 1.82) is 0 Å². The molecule has 0 bridgehead atoms. The summed E-state index contributed by atoms with van der Waals surface area (Å²) in [6.45, 7) is 0.910. The number of benzene rings is 2. The Balaban J connectivity index is 2.01. The van der Waals surface area contributed by atoms with E-state index in [1.165, 1.54) is 22.3 Å². The van der Waals surface area contributed by atoms with Gasteiger partial charge in [0.1, 0.15) is 0 Å². The largest absolute Gasteiger partial charge is 0.372 e. The Morgan fingerprint density at radius 3 is 1.81 bits per heavy atom. The molecule has 78 valence electrons. The molecular formula is C15H12O. The average molecular weight is 208 g/mol. The molecule has 0 saturated carbocycles. The molecule has 0 amide bonds. The van der Waals surface area contributed by atoms with Gasteiger partial charge in [-0.15, -0.1) is 0 Å². The second-order valence-corrected chi connectivity index (χ2v) is 4.52. The van der Waals surface area contributed by atoms with Crippen LogP contribution >= 0.6 is 0 Å². The summed E-state index contributed by atoms with van der Waals surface area (Å²) in [7, 11) is 0. The Bertz CT molecular complexity index is 509. The summed E-state index contributed by atoms with van der Waals surface area (Å²) in [5, 5.41) is 0. The van der Waals surface area contributed by atoms with Crippen molar-refractivity contribution >= 4 is 0 Å². The molecule has 2 aromatic carbocycles. The monoisotopic (exact) mass is 208 g/mol. The molecule has 1 heterocycles.